The fraction of sp³-hybridized carbons (Fsp3) is 0.529. The molecule has 0 aliphatic carbocycles. The number of thioether (sulfide) groups is 1. The van der Waals surface area contributed by atoms with Gasteiger partial charge in [0, 0.05) is 24.5 Å². The fourth-order valence-electron chi connectivity index (χ4n) is 2.67. The molecule has 0 bridgehead atoms. The van der Waals surface area contributed by atoms with Crippen molar-refractivity contribution in [2.75, 3.05) is 24.7 Å². The van der Waals surface area contributed by atoms with E-state index in [2.05, 4.69) is 0 Å². The first kappa shape index (κ1) is 17.7. The van der Waals surface area contributed by atoms with Gasteiger partial charge in [-0.1, -0.05) is 12.1 Å². The van der Waals surface area contributed by atoms with Crippen LogP contribution in [0.25, 0.3) is 0 Å². The molecule has 126 valence electrons. The molecule has 1 saturated heterocycles. The Kier molecular flexibility index (Phi) is 6.77. The van der Waals surface area contributed by atoms with Crippen LogP contribution >= 0.6 is 11.8 Å². The molecule has 2 rings (SSSR count). The SMILES string of the molecule is CCOc1ccc(CCC(=O)N2CCSCC2CC(=O)O)cc1. The van der Waals surface area contributed by atoms with Gasteiger partial charge in [-0.25, -0.2) is 0 Å². The number of carboxylic acids is 1. The number of rotatable bonds is 7. The van der Waals surface area contributed by atoms with Crippen molar-refractivity contribution in [2.45, 2.75) is 32.2 Å². The number of ether oxygens (including phenoxy) is 1. The molecule has 1 amide bonds. The Labute approximate surface area is 141 Å². The van der Waals surface area contributed by atoms with E-state index in [4.69, 9.17) is 9.84 Å². The van der Waals surface area contributed by atoms with Crippen LogP contribution in [0, 0.1) is 0 Å². The van der Waals surface area contributed by atoms with Crippen molar-refractivity contribution in [1.82, 2.24) is 4.90 Å². The number of nitrogens with zero attached hydrogens (tertiary/aromatic N) is 1. The van der Waals surface area contributed by atoms with Gasteiger partial charge in [0.15, 0.2) is 0 Å². The van der Waals surface area contributed by atoms with Crippen LogP contribution in [-0.4, -0.2) is 52.6 Å². The summed E-state index contributed by atoms with van der Waals surface area (Å²) in [7, 11) is 0. The van der Waals surface area contributed by atoms with Gasteiger partial charge in [0.2, 0.25) is 5.91 Å². The normalized spacial score (nSPS) is 17.8. The van der Waals surface area contributed by atoms with Crippen LogP contribution in [0.3, 0.4) is 0 Å². The molecule has 6 heteroatoms. The van der Waals surface area contributed by atoms with E-state index in [-0.39, 0.29) is 18.4 Å². The van der Waals surface area contributed by atoms with E-state index in [0.29, 0.717) is 31.7 Å². The number of hydrogen-bond donors (Lipinski definition) is 1. The highest BCUT2D eigenvalue weighted by Crippen LogP contribution is 2.21. The number of carbonyl (C=O) groups is 2. The van der Waals surface area contributed by atoms with Gasteiger partial charge in [-0.2, -0.15) is 11.8 Å². The van der Waals surface area contributed by atoms with Gasteiger partial charge >= 0.3 is 5.97 Å². The first-order valence-corrected chi connectivity index (χ1v) is 9.06. The smallest absolute Gasteiger partial charge is 0.305 e. The molecule has 1 N–H and O–H groups in total. The van der Waals surface area contributed by atoms with Crippen LogP contribution in [0.1, 0.15) is 25.3 Å². The Morgan fingerprint density at radius 3 is 2.74 bits per heavy atom. The highest BCUT2D eigenvalue weighted by molar-refractivity contribution is 7.99. The predicted molar refractivity (Wildman–Crippen MR) is 91.0 cm³/mol. The molecule has 5 nitrogen and oxygen atoms in total. The van der Waals surface area contributed by atoms with Crippen molar-refractivity contribution in [1.29, 1.82) is 0 Å². The van der Waals surface area contributed by atoms with Crippen molar-refractivity contribution >= 4 is 23.6 Å². The summed E-state index contributed by atoms with van der Waals surface area (Å²) < 4.78 is 5.40. The molecule has 0 spiro atoms. The molecule has 0 aromatic heterocycles. The molecule has 1 atom stereocenters. The van der Waals surface area contributed by atoms with Crippen molar-refractivity contribution in [2.24, 2.45) is 0 Å². The quantitative estimate of drug-likeness (QED) is 0.828. The monoisotopic (exact) mass is 337 g/mol. The largest absolute Gasteiger partial charge is 0.494 e. The van der Waals surface area contributed by atoms with Crippen molar-refractivity contribution in [3.63, 3.8) is 0 Å². The maximum absolute atomic E-state index is 12.4. The van der Waals surface area contributed by atoms with Gasteiger partial charge in [0.25, 0.3) is 0 Å². The maximum atomic E-state index is 12.4. The molecule has 0 radical (unpaired) electrons. The summed E-state index contributed by atoms with van der Waals surface area (Å²) >= 11 is 1.72. The zero-order chi connectivity index (χ0) is 16.7. The van der Waals surface area contributed by atoms with Crippen LogP contribution < -0.4 is 4.74 Å². The number of benzene rings is 1. The Balaban J connectivity index is 1.88. The van der Waals surface area contributed by atoms with Gasteiger partial charge in [-0.15, -0.1) is 0 Å². The molecule has 1 fully saturated rings. The average Bonchev–Trinajstić information content (AvgIpc) is 2.54. The second-order valence-corrected chi connectivity index (χ2v) is 6.64. The minimum Gasteiger partial charge on any atom is -0.494 e. The molecule has 23 heavy (non-hydrogen) atoms. The van der Waals surface area contributed by atoms with Crippen LogP contribution in [0.5, 0.6) is 5.75 Å². The Morgan fingerprint density at radius 1 is 1.35 bits per heavy atom. The number of aliphatic carboxylic acids is 1. The standard InChI is InChI=1S/C17H23NO4S/c1-2-22-15-6-3-13(4-7-15)5-8-16(19)18-9-10-23-12-14(18)11-17(20)21/h3-4,6-7,14H,2,5,8-12H2,1H3,(H,20,21). The maximum Gasteiger partial charge on any atom is 0.305 e. The first-order valence-electron chi connectivity index (χ1n) is 7.91. The van der Waals surface area contributed by atoms with E-state index in [0.717, 1.165) is 17.1 Å². The first-order chi connectivity index (χ1) is 11.1. The minimum absolute atomic E-state index is 0.0296. The molecule has 1 unspecified atom stereocenters. The lowest BCUT2D eigenvalue weighted by Gasteiger charge is -2.34. The zero-order valence-corrected chi connectivity index (χ0v) is 14.2. The number of aryl methyl sites for hydroxylation is 1. The van der Waals surface area contributed by atoms with Gasteiger partial charge < -0.3 is 14.7 Å². The third-order valence-electron chi connectivity index (χ3n) is 3.82. The molecule has 1 aromatic rings. The summed E-state index contributed by atoms with van der Waals surface area (Å²) in [4.78, 5) is 25.1. The second kappa shape index (κ2) is 8.82. The topological polar surface area (TPSA) is 66.8 Å². The molecule has 1 heterocycles. The van der Waals surface area contributed by atoms with Crippen molar-refractivity contribution < 1.29 is 19.4 Å². The Morgan fingerprint density at radius 2 is 2.09 bits per heavy atom. The fourth-order valence-corrected chi connectivity index (χ4v) is 3.73. The molecular weight excluding hydrogens is 314 g/mol. The Bertz CT molecular complexity index is 532. The van der Waals surface area contributed by atoms with E-state index < -0.39 is 5.97 Å². The third-order valence-corrected chi connectivity index (χ3v) is 4.91. The van der Waals surface area contributed by atoms with Gasteiger partial charge in [0.1, 0.15) is 5.75 Å². The summed E-state index contributed by atoms with van der Waals surface area (Å²) in [6.45, 7) is 3.22. The van der Waals surface area contributed by atoms with E-state index >= 15 is 0 Å². The number of carbonyl (C=O) groups excluding carboxylic acids is 1. The summed E-state index contributed by atoms with van der Waals surface area (Å²) in [5, 5.41) is 8.98. The van der Waals surface area contributed by atoms with E-state index in [1.165, 1.54) is 0 Å². The Hall–Kier alpha value is -1.69. The van der Waals surface area contributed by atoms with E-state index in [1.807, 2.05) is 31.2 Å². The summed E-state index contributed by atoms with van der Waals surface area (Å²) in [6, 6.07) is 7.58. The lowest BCUT2D eigenvalue weighted by molar-refractivity contribution is -0.140. The summed E-state index contributed by atoms with van der Waals surface area (Å²) in [5.74, 6) is 1.62. The zero-order valence-electron chi connectivity index (χ0n) is 13.4. The van der Waals surface area contributed by atoms with Crippen molar-refractivity contribution in [3.8, 4) is 5.75 Å². The molecule has 1 aliphatic rings. The molecule has 1 aliphatic heterocycles. The number of carboxylic acid groups (broad SMARTS) is 1. The third kappa shape index (κ3) is 5.46. The van der Waals surface area contributed by atoms with Gasteiger partial charge in [0.05, 0.1) is 19.1 Å². The number of hydrogen-bond acceptors (Lipinski definition) is 4. The van der Waals surface area contributed by atoms with Crippen LogP contribution in [0.4, 0.5) is 0 Å². The predicted octanol–water partition coefficient (Wildman–Crippen LogP) is 2.44. The summed E-state index contributed by atoms with van der Waals surface area (Å²) in [6.07, 6.45) is 1.10. The van der Waals surface area contributed by atoms with E-state index in [1.54, 1.807) is 16.7 Å². The van der Waals surface area contributed by atoms with Crippen LogP contribution in [0.15, 0.2) is 24.3 Å². The van der Waals surface area contributed by atoms with Crippen LogP contribution in [0.2, 0.25) is 0 Å². The van der Waals surface area contributed by atoms with E-state index in [9.17, 15) is 9.59 Å². The second-order valence-electron chi connectivity index (χ2n) is 5.49. The average molecular weight is 337 g/mol. The summed E-state index contributed by atoms with van der Waals surface area (Å²) in [5.41, 5.74) is 1.09. The van der Waals surface area contributed by atoms with Gasteiger partial charge in [-0.05, 0) is 31.0 Å². The lowest BCUT2D eigenvalue weighted by Crippen LogP contribution is -2.47. The molecule has 1 aromatic carbocycles. The highest BCUT2D eigenvalue weighted by Gasteiger charge is 2.28. The minimum atomic E-state index is -0.846. The van der Waals surface area contributed by atoms with Crippen LogP contribution in [-0.2, 0) is 16.0 Å². The van der Waals surface area contributed by atoms with Crippen molar-refractivity contribution in [3.05, 3.63) is 29.8 Å². The molecule has 0 saturated carbocycles. The molecular formula is C17H23NO4S. The van der Waals surface area contributed by atoms with Gasteiger partial charge in [-0.3, -0.25) is 9.59 Å². The lowest BCUT2D eigenvalue weighted by atomic mass is 10.1. The number of amides is 1. The highest BCUT2D eigenvalue weighted by atomic mass is 32.2.